The lowest BCUT2D eigenvalue weighted by atomic mass is 9.91. The van der Waals surface area contributed by atoms with Crippen LogP contribution in [0.4, 0.5) is 14.6 Å². The average Bonchev–Trinajstić information content (AvgIpc) is 4.33. The maximum Gasteiger partial charge on any atom is 0.318 e. The van der Waals surface area contributed by atoms with Gasteiger partial charge >= 0.3 is 6.01 Å². The number of hydrogen-bond acceptors (Lipinski definition) is 14. The van der Waals surface area contributed by atoms with Crippen molar-refractivity contribution in [1.29, 1.82) is 0 Å². The molecule has 2 bridgehead atoms. The molecule has 0 radical (unpaired) electrons. The fraction of sp³-hybridized carbons (Fsp3) is 0.441. The third kappa shape index (κ3) is 10.3. The molecule has 2 amide bonds. The van der Waals surface area contributed by atoms with Crippen molar-refractivity contribution < 1.29 is 32.4 Å². The van der Waals surface area contributed by atoms with Gasteiger partial charge in [-0.3, -0.25) is 19.5 Å². The molecule has 3 aromatic carbocycles. The van der Waals surface area contributed by atoms with E-state index in [1.165, 1.54) is 32.4 Å². The summed E-state index contributed by atoms with van der Waals surface area (Å²) in [6, 6.07) is 19.5. The van der Waals surface area contributed by atoms with E-state index in [2.05, 4.69) is 63.6 Å². The summed E-state index contributed by atoms with van der Waals surface area (Å²) >= 11 is 1.62. The van der Waals surface area contributed by atoms with Gasteiger partial charge < -0.3 is 34.4 Å². The molecule has 2 N–H and O–H groups in total. The highest BCUT2D eigenvalue weighted by Gasteiger charge is 2.42. The van der Waals surface area contributed by atoms with Crippen molar-refractivity contribution in [2.45, 2.75) is 121 Å². The number of pyridine rings is 1. The van der Waals surface area contributed by atoms with Gasteiger partial charge in [0.2, 0.25) is 11.8 Å². The molecule has 5 saturated heterocycles. The van der Waals surface area contributed by atoms with Gasteiger partial charge in [0, 0.05) is 67.0 Å². The number of thiazole rings is 1. The van der Waals surface area contributed by atoms with Crippen LogP contribution in [0.15, 0.2) is 76.9 Å². The number of nitrogens with one attached hydrogen (secondary N) is 2. The summed E-state index contributed by atoms with van der Waals surface area (Å²) in [6.45, 7) is 11.8. The molecule has 77 heavy (non-hydrogen) atoms. The molecular formula is C59H64F2N10O5S. The van der Waals surface area contributed by atoms with Gasteiger partial charge in [-0.2, -0.15) is 9.97 Å². The minimum Gasteiger partial charge on any atom is -0.474 e. The van der Waals surface area contributed by atoms with E-state index in [0.29, 0.717) is 82.9 Å². The van der Waals surface area contributed by atoms with Crippen LogP contribution in [0.3, 0.4) is 0 Å². The number of amides is 2. The Hall–Kier alpha value is -7.07. The van der Waals surface area contributed by atoms with E-state index in [0.717, 1.165) is 67.0 Å². The van der Waals surface area contributed by atoms with E-state index in [-0.39, 0.29) is 46.6 Å². The van der Waals surface area contributed by atoms with Gasteiger partial charge in [0.25, 0.3) is 5.88 Å². The minimum absolute atomic E-state index is 0.0302. The first-order valence-corrected chi connectivity index (χ1v) is 27.8. The summed E-state index contributed by atoms with van der Waals surface area (Å²) in [4.78, 5) is 52.7. The lowest BCUT2D eigenvalue weighted by molar-refractivity contribution is -0.141. The molecule has 18 heteroatoms. The summed E-state index contributed by atoms with van der Waals surface area (Å²) in [7, 11) is 1.46. The number of fused-ring (bicyclic) bond motifs is 5. The van der Waals surface area contributed by atoms with Crippen LogP contribution in [0.25, 0.3) is 43.4 Å². The predicted octanol–water partition coefficient (Wildman–Crippen LogP) is 9.77. The Morgan fingerprint density at radius 2 is 1.75 bits per heavy atom. The summed E-state index contributed by atoms with van der Waals surface area (Å²) in [5, 5.41) is 12.6. The first-order valence-electron chi connectivity index (χ1n) is 26.9. The number of likely N-dealkylation sites (tertiary alicyclic amines) is 1. The third-order valence-electron chi connectivity index (χ3n) is 16.2. The highest BCUT2D eigenvalue weighted by atomic mass is 32.1. The lowest BCUT2D eigenvalue weighted by Gasteiger charge is -2.34. The Morgan fingerprint density at radius 1 is 0.961 bits per heavy atom. The van der Waals surface area contributed by atoms with Crippen LogP contribution in [0.1, 0.15) is 107 Å². The zero-order chi connectivity index (χ0) is 53.5. The summed E-state index contributed by atoms with van der Waals surface area (Å²) < 4.78 is 47.6. The molecule has 7 unspecified atom stereocenters. The summed E-state index contributed by atoms with van der Waals surface area (Å²) in [6.07, 6.45) is 15.8. The van der Waals surface area contributed by atoms with Crippen LogP contribution in [0.2, 0.25) is 0 Å². The molecular weight excluding hydrogens is 999 g/mol. The molecule has 5 aliphatic heterocycles. The van der Waals surface area contributed by atoms with Gasteiger partial charge in [-0.05, 0) is 105 Å². The van der Waals surface area contributed by atoms with Gasteiger partial charge in [-0.25, -0.2) is 13.8 Å². The Labute approximate surface area is 451 Å². The maximum atomic E-state index is 16.1. The Balaban J connectivity index is 0.000000168. The predicted molar refractivity (Wildman–Crippen MR) is 293 cm³/mol. The highest BCUT2D eigenvalue weighted by Crippen LogP contribution is 2.39. The standard InChI is InChI=1S/C33H43N5O4S.C26H21F2N5O/c1-20(2)30(28-17-29(36-42-28)41-18-26-14-13-25-7-5-15-37(25)26)33(40)38-16-6-8-27(38)32(39)35-21(3)23-9-11-24(12-10-23)31-22(4)34-19-43-31;1-3-17-20(27)10-7-14-5-4-6-18(21(14)17)23-22(28)24-19(11-29-23)25(32-26(31-24)34-2)33-12-15-8-9-16(13-33)30-15/h9-12,17,19-21,25-27,30H,5-8,13-16,18H2,1-4H3,(H,35,39);1,4-7,10-11,15-16,30H,8-9,12-13H2,2H3. The van der Waals surface area contributed by atoms with Crippen molar-refractivity contribution in [3.63, 3.8) is 0 Å². The molecule has 9 heterocycles. The number of rotatable bonds is 13. The smallest absolute Gasteiger partial charge is 0.318 e. The molecule has 7 atom stereocenters. The Kier molecular flexibility index (Phi) is 14.9. The molecule has 7 aromatic rings. The lowest BCUT2D eigenvalue weighted by Crippen LogP contribution is -2.51. The SMILES string of the molecule is C#Cc1c(F)ccc2cccc(-c3ncc4c(N5CC6CCC(C5)N6)nc(OC)nc4c3F)c12.Cc1ncsc1-c1ccc(C(C)NC(=O)C2CCCN2C(=O)C(c2cc(OCC3CCC4CCCN43)no2)C(C)C)cc1. The number of benzene rings is 3. The number of nitrogens with zero attached hydrogens (tertiary/aromatic N) is 8. The number of hydrogen-bond donors (Lipinski definition) is 2. The fourth-order valence-corrected chi connectivity index (χ4v) is 13.2. The van der Waals surface area contributed by atoms with E-state index in [1.807, 2.05) is 45.3 Å². The van der Waals surface area contributed by atoms with Crippen LogP contribution in [0.5, 0.6) is 11.9 Å². The zero-order valence-electron chi connectivity index (χ0n) is 44.1. The van der Waals surface area contributed by atoms with E-state index in [9.17, 15) is 14.0 Å². The quantitative estimate of drug-likeness (QED) is 0.105. The Morgan fingerprint density at radius 3 is 2.49 bits per heavy atom. The van der Waals surface area contributed by atoms with Crippen LogP contribution >= 0.6 is 11.3 Å². The number of terminal acetylenes is 1. The van der Waals surface area contributed by atoms with Gasteiger partial charge in [-0.15, -0.1) is 17.8 Å². The Bertz CT molecular complexity index is 3350. The molecule has 12 rings (SSSR count). The molecule has 400 valence electrons. The number of anilines is 1. The molecule has 5 fully saturated rings. The fourth-order valence-electron chi connectivity index (χ4n) is 12.4. The van der Waals surface area contributed by atoms with E-state index < -0.39 is 23.6 Å². The first-order chi connectivity index (χ1) is 37.4. The van der Waals surface area contributed by atoms with Crippen molar-refractivity contribution in [3.8, 4) is 45.9 Å². The van der Waals surface area contributed by atoms with Crippen LogP contribution in [-0.4, -0.2) is 117 Å². The largest absolute Gasteiger partial charge is 0.474 e. The van der Waals surface area contributed by atoms with Gasteiger partial charge in [0.1, 0.15) is 41.4 Å². The highest BCUT2D eigenvalue weighted by molar-refractivity contribution is 7.13. The first kappa shape index (κ1) is 52.0. The second kappa shape index (κ2) is 22.1. The van der Waals surface area contributed by atoms with Crippen molar-refractivity contribution in [2.75, 3.05) is 44.8 Å². The van der Waals surface area contributed by atoms with Gasteiger partial charge in [0.05, 0.1) is 40.2 Å². The van der Waals surface area contributed by atoms with Crippen molar-refractivity contribution in [3.05, 3.63) is 107 Å². The number of ether oxygens (including phenoxy) is 2. The molecule has 0 spiro atoms. The van der Waals surface area contributed by atoms with E-state index in [4.69, 9.17) is 20.4 Å². The van der Waals surface area contributed by atoms with Crippen molar-refractivity contribution >= 4 is 50.6 Å². The maximum absolute atomic E-state index is 16.1. The summed E-state index contributed by atoms with van der Waals surface area (Å²) in [5.41, 5.74) is 5.64. The minimum atomic E-state index is -0.628. The third-order valence-corrected chi connectivity index (χ3v) is 17.2. The number of carbonyl (C=O) groups excluding carboxylic acids is 2. The van der Waals surface area contributed by atoms with Crippen LogP contribution in [-0.2, 0) is 9.59 Å². The second-order valence-electron chi connectivity index (χ2n) is 21.4. The molecule has 0 saturated carbocycles. The summed E-state index contributed by atoms with van der Waals surface area (Å²) in [5.74, 6) is 1.99. The number of aryl methyl sites for hydroxylation is 1. The van der Waals surface area contributed by atoms with Gasteiger partial charge in [-0.1, -0.05) is 68.3 Å². The van der Waals surface area contributed by atoms with E-state index >= 15 is 4.39 Å². The monoisotopic (exact) mass is 1060 g/mol. The zero-order valence-corrected chi connectivity index (χ0v) is 44.9. The number of carbonyl (C=O) groups is 2. The normalized spacial score (nSPS) is 21.7. The molecule has 4 aromatic heterocycles. The number of piperazine rings is 1. The molecule has 5 aliphatic rings. The van der Waals surface area contributed by atoms with E-state index in [1.54, 1.807) is 52.8 Å². The molecule has 15 nitrogen and oxygen atoms in total. The molecule has 0 aliphatic carbocycles. The topological polar surface area (TPSA) is 164 Å². The van der Waals surface area contributed by atoms with Crippen molar-refractivity contribution in [2.24, 2.45) is 5.92 Å². The number of halogens is 2. The number of aromatic nitrogens is 5. The number of methoxy groups -OCH3 is 1. The van der Waals surface area contributed by atoms with Gasteiger partial charge in [0.15, 0.2) is 11.6 Å². The average molecular weight is 1060 g/mol. The van der Waals surface area contributed by atoms with Crippen LogP contribution < -0.4 is 25.0 Å². The second-order valence-corrected chi connectivity index (χ2v) is 22.3. The van der Waals surface area contributed by atoms with Crippen LogP contribution in [0, 0.1) is 36.8 Å². The van der Waals surface area contributed by atoms with Crippen molar-refractivity contribution in [1.82, 2.24) is 45.5 Å².